The number of nitro benzene ring substituents is 1. The third-order valence-electron chi connectivity index (χ3n) is 6.20. The molecule has 3 rings (SSSR count). The lowest BCUT2D eigenvalue weighted by molar-refractivity contribution is -0.384. The number of nitrogens with zero attached hydrogens (tertiary/aromatic N) is 1. The highest BCUT2D eigenvalue weighted by Crippen LogP contribution is 2.55. The minimum Gasteiger partial charge on any atom is -0.300 e. The number of unbranched alkanes of at least 4 members (excludes halogenated alkanes) is 2. The average Bonchev–Trinajstić information content (AvgIpc) is 2.99. The number of carbonyl (C=O) groups is 2. The fourth-order valence-electron chi connectivity index (χ4n) is 4.72. The predicted molar refractivity (Wildman–Crippen MR) is 118 cm³/mol. The summed E-state index contributed by atoms with van der Waals surface area (Å²) >= 11 is 0. The van der Waals surface area contributed by atoms with Gasteiger partial charge in [-0.1, -0.05) is 51.7 Å². The van der Waals surface area contributed by atoms with Gasteiger partial charge in [0, 0.05) is 23.1 Å². The number of carbonyl (C=O) groups excluding carboxylic acids is 2. The van der Waals surface area contributed by atoms with E-state index in [9.17, 15) is 19.7 Å². The summed E-state index contributed by atoms with van der Waals surface area (Å²) in [5.41, 5.74) is 4.46. The third kappa shape index (κ3) is 3.93. The number of ketones is 2. The van der Waals surface area contributed by atoms with E-state index in [1.807, 2.05) is 18.2 Å². The van der Waals surface area contributed by atoms with Gasteiger partial charge in [-0.15, -0.1) is 0 Å². The Kier molecular flexibility index (Phi) is 6.49. The van der Waals surface area contributed by atoms with Gasteiger partial charge in [-0.3, -0.25) is 19.7 Å². The first-order chi connectivity index (χ1) is 14.3. The van der Waals surface area contributed by atoms with Crippen molar-refractivity contribution in [2.24, 2.45) is 0 Å². The van der Waals surface area contributed by atoms with Crippen LogP contribution in [0, 0.1) is 10.1 Å². The van der Waals surface area contributed by atoms with E-state index in [1.165, 1.54) is 6.92 Å². The first-order valence-corrected chi connectivity index (χ1v) is 10.8. The minimum atomic E-state index is -0.338. The van der Waals surface area contributed by atoms with E-state index in [2.05, 4.69) is 13.8 Å². The molecule has 2 aromatic carbocycles. The number of fused-ring (bicyclic) bond motifs is 3. The quantitative estimate of drug-likeness (QED) is 0.197. The van der Waals surface area contributed by atoms with Crippen LogP contribution in [-0.2, 0) is 10.2 Å². The molecule has 0 radical (unpaired) electrons. The van der Waals surface area contributed by atoms with Crippen LogP contribution in [0.15, 0.2) is 36.4 Å². The van der Waals surface area contributed by atoms with Gasteiger partial charge in [-0.2, -0.15) is 0 Å². The molecule has 5 heteroatoms. The molecule has 0 N–H and O–H groups in total. The van der Waals surface area contributed by atoms with Crippen molar-refractivity contribution < 1.29 is 14.5 Å². The Labute approximate surface area is 177 Å². The topological polar surface area (TPSA) is 77.3 Å². The average molecular weight is 408 g/mol. The summed E-state index contributed by atoms with van der Waals surface area (Å²) in [6, 6.07) is 10.8. The van der Waals surface area contributed by atoms with E-state index in [0.717, 1.165) is 60.8 Å². The molecule has 0 saturated heterocycles. The van der Waals surface area contributed by atoms with Gasteiger partial charge in [0.15, 0.2) is 5.78 Å². The zero-order valence-electron chi connectivity index (χ0n) is 18.0. The Bertz CT molecular complexity index is 985. The fraction of sp³-hybridized carbons (Fsp3) is 0.440. The zero-order chi connectivity index (χ0) is 21.9. The van der Waals surface area contributed by atoms with Crippen molar-refractivity contribution in [3.8, 4) is 11.1 Å². The summed E-state index contributed by atoms with van der Waals surface area (Å²) in [7, 11) is 0. The van der Waals surface area contributed by atoms with Crippen molar-refractivity contribution in [3.05, 3.63) is 63.2 Å². The van der Waals surface area contributed by atoms with Crippen LogP contribution in [0.25, 0.3) is 11.1 Å². The molecule has 0 bridgehead atoms. The second kappa shape index (κ2) is 8.90. The Morgan fingerprint density at radius 1 is 0.933 bits per heavy atom. The normalized spacial score (nSPS) is 13.6. The molecule has 2 aromatic rings. The van der Waals surface area contributed by atoms with Crippen LogP contribution in [0.4, 0.5) is 5.69 Å². The van der Waals surface area contributed by atoms with Crippen LogP contribution in [0.5, 0.6) is 0 Å². The molecule has 0 heterocycles. The van der Waals surface area contributed by atoms with Crippen molar-refractivity contribution in [1.82, 2.24) is 0 Å². The summed E-state index contributed by atoms with van der Waals surface area (Å²) in [6.45, 7) is 5.71. The van der Waals surface area contributed by atoms with Gasteiger partial charge in [-0.25, -0.2) is 0 Å². The standard InChI is InChI=1S/C25H29NO4/c1-4-6-12-25(13-7-5-2)22-15-18(24(28)14-17(3)27)8-10-20(22)21-11-9-19(26(29)30)16-23(21)25/h8-11,15-16H,4-7,12-14H2,1-3H3. The van der Waals surface area contributed by atoms with E-state index in [-0.39, 0.29) is 34.0 Å². The van der Waals surface area contributed by atoms with Gasteiger partial charge >= 0.3 is 0 Å². The maximum atomic E-state index is 12.6. The summed E-state index contributed by atoms with van der Waals surface area (Å²) in [4.78, 5) is 35.2. The molecule has 5 nitrogen and oxygen atoms in total. The highest BCUT2D eigenvalue weighted by molar-refractivity contribution is 6.08. The molecule has 0 spiro atoms. The van der Waals surface area contributed by atoms with Crippen LogP contribution >= 0.6 is 0 Å². The first kappa shape index (κ1) is 21.9. The monoisotopic (exact) mass is 407 g/mol. The third-order valence-corrected chi connectivity index (χ3v) is 6.20. The van der Waals surface area contributed by atoms with Crippen LogP contribution in [0.3, 0.4) is 0 Å². The maximum Gasteiger partial charge on any atom is 0.269 e. The zero-order valence-corrected chi connectivity index (χ0v) is 18.0. The van der Waals surface area contributed by atoms with Crippen LogP contribution < -0.4 is 0 Å². The maximum absolute atomic E-state index is 12.6. The molecule has 0 amide bonds. The SMILES string of the molecule is CCCCC1(CCCC)c2cc(C(=O)CC(C)=O)ccc2-c2ccc([N+](=O)[O-])cc21. The molecule has 0 aromatic heterocycles. The van der Waals surface area contributed by atoms with Crippen LogP contribution in [0.2, 0.25) is 0 Å². The van der Waals surface area contributed by atoms with Gasteiger partial charge < -0.3 is 0 Å². The number of rotatable bonds is 10. The van der Waals surface area contributed by atoms with Crippen LogP contribution in [0.1, 0.15) is 87.2 Å². The summed E-state index contributed by atoms with van der Waals surface area (Å²) in [5.74, 6) is -0.324. The van der Waals surface area contributed by atoms with Crippen molar-refractivity contribution >= 4 is 17.3 Å². The Hall–Kier alpha value is -2.82. The molecule has 0 unspecified atom stereocenters. The number of hydrogen-bond acceptors (Lipinski definition) is 4. The van der Waals surface area contributed by atoms with E-state index < -0.39 is 0 Å². The van der Waals surface area contributed by atoms with Gasteiger partial charge in [0.05, 0.1) is 11.3 Å². The molecule has 1 aliphatic rings. The molecule has 0 fully saturated rings. The lowest BCUT2D eigenvalue weighted by atomic mass is 9.70. The van der Waals surface area contributed by atoms with Crippen molar-refractivity contribution in [3.63, 3.8) is 0 Å². The van der Waals surface area contributed by atoms with Crippen molar-refractivity contribution in [2.75, 3.05) is 0 Å². The van der Waals surface area contributed by atoms with E-state index in [4.69, 9.17) is 0 Å². The number of non-ortho nitro benzene ring substituents is 1. The lowest BCUT2D eigenvalue weighted by Crippen LogP contribution is -2.26. The Balaban J connectivity index is 2.22. The van der Waals surface area contributed by atoms with Gasteiger partial charge in [0.1, 0.15) is 5.78 Å². The molecular weight excluding hydrogens is 378 g/mol. The van der Waals surface area contributed by atoms with Crippen molar-refractivity contribution in [2.45, 2.75) is 71.1 Å². The lowest BCUT2D eigenvalue weighted by Gasteiger charge is -2.32. The largest absolute Gasteiger partial charge is 0.300 e. The van der Waals surface area contributed by atoms with E-state index in [1.54, 1.807) is 18.2 Å². The second-order valence-electron chi connectivity index (χ2n) is 8.34. The highest BCUT2D eigenvalue weighted by Gasteiger charge is 2.43. The molecule has 0 aliphatic heterocycles. The van der Waals surface area contributed by atoms with Crippen molar-refractivity contribution in [1.29, 1.82) is 0 Å². The van der Waals surface area contributed by atoms with Gasteiger partial charge in [0.2, 0.25) is 0 Å². The highest BCUT2D eigenvalue weighted by atomic mass is 16.6. The number of hydrogen-bond donors (Lipinski definition) is 0. The molecule has 0 saturated carbocycles. The second-order valence-corrected chi connectivity index (χ2v) is 8.34. The molecule has 30 heavy (non-hydrogen) atoms. The fourth-order valence-corrected chi connectivity index (χ4v) is 4.72. The molecule has 158 valence electrons. The van der Waals surface area contributed by atoms with E-state index >= 15 is 0 Å². The number of benzene rings is 2. The minimum absolute atomic E-state index is 0.103. The van der Waals surface area contributed by atoms with Gasteiger partial charge in [0.25, 0.3) is 5.69 Å². The molecular formula is C25H29NO4. The first-order valence-electron chi connectivity index (χ1n) is 10.8. The predicted octanol–water partition coefficient (Wildman–Crippen LogP) is 6.40. The smallest absolute Gasteiger partial charge is 0.269 e. The van der Waals surface area contributed by atoms with E-state index in [0.29, 0.717) is 5.56 Å². The summed E-state index contributed by atoms with van der Waals surface area (Å²) in [5, 5.41) is 11.5. The van der Waals surface area contributed by atoms with Crippen LogP contribution in [-0.4, -0.2) is 16.5 Å². The Morgan fingerprint density at radius 2 is 1.50 bits per heavy atom. The molecule has 0 atom stereocenters. The molecule has 1 aliphatic carbocycles. The summed E-state index contributed by atoms with van der Waals surface area (Å²) in [6.07, 6.45) is 5.71. The number of Topliss-reactive ketones (excluding diaryl/α,β-unsaturated/α-hetero) is 2. The number of nitro groups is 1. The van der Waals surface area contributed by atoms with Gasteiger partial charge in [-0.05, 0) is 54.2 Å². The Morgan fingerprint density at radius 3 is 2.03 bits per heavy atom. The summed E-state index contributed by atoms with van der Waals surface area (Å²) < 4.78 is 0.